The van der Waals surface area contributed by atoms with Crippen molar-refractivity contribution in [1.82, 2.24) is 0 Å². The number of anilines is 1. The monoisotopic (exact) mass is 299 g/mol. The van der Waals surface area contributed by atoms with Gasteiger partial charge >= 0.3 is 0 Å². The Morgan fingerprint density at radius 1 is 1.21 bits per heavy atom. The van der Waals surface area contributed by atoms with Crippen molar-refractivity contribution in [2.45, 2.75) is 39.0 Å². The SMILES string of the molecule is CCC1CCC(C(=O)c2cc(Cl)c(N)c(Cl)c2)CC1. The third-order valence-corrected chi connectivity index (χ3v) is 4.78. The predicted octanol–water partition coefficient (Wildman–Crippen LogP) is 4.97. The molecule has 2 nitrogen and oxygen atoms in total. The van der Waals surface area contributed by atoms with Crippen molar-refractivity contribution >= 4 is 34.7 Å². The summed E-state index contributed by atoms with van der Waals surface area (Å²) >= 11 is 12.0. The first kappa shape index (κ1) is 14.7. The van der Waals surface area contributed by atoms with Crippen molar-refractivity contribution in [1.29, 1.82) is 0 Å². The Bertz CT molecular complexity index is 456. The lowest BCUT2D eigenvalue weighted by Gasteiger charge is -2.27. The third kappa shape index (κ3) is 3.24. The minimum absolute atomic E-state index is 0.110. The quantitative estimate of drug-likeness (QED) is 0.632. The molecular weight excluding hydrogens is 281 g/mol. The topological polar surface area (TPSA) is 43.1 Å². The van der Waals surface area contributed by atoms with Gasteiger partial charge in [0, 0.05) is 11.5 Å². The minimum Gasteiger partial charge on any atom is -0.396 e. The van der Waals surface area contributed by atoms with Crippen LogP contribution < -0.4 is 5.73 Å². The predicted molar refractivity (Wildman–Crippen MR) is 80.9 cm³/mol. The Kier molecular flexibility index (Phi) is 4.75. The lowest BCUT2D eigenvalue weighted by atomic mass is 9.78. The van der Waals surface area contributed by atoms with E-state index in [2.05, 4.69) is 6.92 Å². The fraction of sp³-hybridized carbons (Fsp3) is 0.533. The summed E-state index contributed by atoms with van der Waals surface area (Å²) in [5.74, 6) is 1.04. The second kappa shape index (κ2) is 6.15. The molecule has 1 aliphatic rings. The second-order valence-electron chi connectivity index (χ2n) is 5.34. The fourth-order valence-corrected chi connectivity index (χ4v) is 3.28. The van der Waals surface area contributed by atoms with Crippen LogP contribution in [0.5, 0.6) is 0 Å². The molecule has 1 aromatic carbocycles. The highest BCUT2D eigenvalue weighted by Crippen LogP contribution is 2.35. The van der Waals surface area contributed by atoms with E-state index in [0.717, 1.165) is 31.6 Å². The zero-order chi connectivity index (χ0) is 14.0. The third-order valence-electron chi connectivity index (χ3n) is 4.16. The summed E-state index contributed by atoms with van der Waals surface area (Å²) < 4.78 is 0. The first-order valence-electron chi connectivity index (χ1n) is 6.81. The van der Waals surface area contributed by atoms with Gasteiger partial charge in [-0.2, -0.15) is 0 Å². The van der Waals surface area contributed by atoms with Crippen LogP contribution in [0.15, 0.2) is 12.1 Å². The van der Waals surface area contributed by atoms with E-state index in [1.165, 1.54) is 6.42 Å². The zero-order valence-electron chi connectivity index (χ0n) is 11.1. The van der Waals surface area contributed by atoms with Gasteiger partial charge in [-0.3, -0.25) is 4.79 Å². The van der Waals surface area contributed by atoms with Crippen LogP contribution >= 0.6 is 23.2 Å². The summed E-state index contributed by atoms with van der Waals surface area (Å²) in [6.45, 7) is 2.21. The van der Waals surface area contributed by atoms with Crippen LogP contribution in [0.4, 0.5) is 5.69 Å². The molecular formula is C15H19Cl2NO. The molecule has 1 aliphatic carbocycles. The maximum absolute atomic E-state index is 12.5. The maximum atomic E-state index is 12.5. The first-order chi connectivity index (χ1) is 9.02. The average Bonchev–Trinajstić information content (AvgIpc) is 2.43. The number of Topliss-reactive ketones (excluding diaryl/α,β-unsaturated/α-hetero) is 1. The van der Waals surface area contributed by atoms with E-state index in [0.29, 0.717) is 21.3 Å². The Morgan fingerprint density at radius 3 is 2.21 bits per heavy atom. The largest absolute Gasteiger partial charge is 0.396 e. The van der Waals surface area contributed by atoms with Gasteiger partial charge < -0.3 is 5.73 Å². The Balaban J connectivity index is 2.12. The highest BCUT2D eigenvalue weighted by molar-refractivity contribution is 6.39. The number of carbonyl (C=O) groups excluding carboxylic acids is 1. The standard InChI is InChI=1S/C15H19Cl2NO/c1-2-9-3-5-10(6-4-9)15(19)11-7-12(16)14(18)13(17)8-11/h7-10H,2-6,18H2,1H3. The van der Waals surface area contributed by atoms with Gasteiger partial charge in [0.15, 0.2) is 5.78 Å². The van der Waals surface area contributed by atoms with E-state index in [-0.39, 0.29) is 11.7 Å². The van der Waals surface area contributed by atoms with Crippen molar-refractivity contribution in [2.75, 3.05) is 5.73 Å². The van der Waals surface area contributed by atoms with Crippen LogP contribution in [-0.2, 0) is 0 Å². The zero-order valence-corrected chi connectivity index (χ0v) is 12.6. The molecule has 19 heavy (non-hydrogen) atoms. The molecule has 2 rings (SSSR count). The molecule has 0 atom stereocenters. The molecule has 104 valence electrons. The van der Waals surface area contributed by atoms with E-state index in [9.17, 15) is 4.79 Å². The number of nitrogen functional groups attached to an aromatic ring is 1. The first-order valence-corrected chi connectivity index (χ1v) is 7.57. The van der Waals surface area contributed by atoms with Crippen LogP contribution in [0.1, 0.15) is 49.4 Å². The molecule has 0 saturated heterocycles. The van der Waals surface area contributed by atoms with Gasteiger partial charge in [-0.05, 0) is 43.7 Å². The molecule has 0 aliphatic heterocycles. The molecule has 4 heteroatoms. The summed E-state index contributed by atoms with van der Waals surface area (Å²) in [5, 5.41) is 0.719. The lowest BCUT2D eigenvalue weighted by Crippen LogP contribution is -2.21. The summed E-state index contributed by atoms with van der Waals surface area (Å²) in [4.78, 5) is 12.5. The van der Waals surface area contributed by atoms with Crippen LogP contribution in [0.25, 0.3) is 0 Å². The molecule has 0 aromatic heterocycles. The van der Waals surface area contributed by atoms with E-state index in [4.69, 9.17) is 28.9 Å². The number of carbonyl (C=O) groups is 1. The smallest absolute Gasteiger partial charge is 0.166 e. The Hall–Kier alpha value is -0.730. The number of rotatable bonds is 3. The van der Waals surface area contributed by atoms with Crippen molar-refractivity contribution in [2.24, 2.45) is 11.8 Å². The minimum atomic E-state index is 0.110. The number of benzene rings is 1. The number of hydrogen-bond acceptors (Lipinski definition) is 2. The number of nitrogens with two attached hydrogens (primary N) is 1. The van der Waals surface area contributed by atoms with Crippen LogP contribution in [-0.4, -0.2) is 5.78 Å². The molecule has 1 saturated carbocycles. The summed E-state index contributed by atoms with van der Waals surface area (Å²) in [7, 11) is 0. The summed E-state index contributed by atoms with van der Waals surface area (Å²) in [5.41, 5.74) is 6.62. The van der Waals surface area contributed by atoms with Gasteiger partial charge in [0.25, 0.3) is 0 Å². The normalized spacial score (nSPS) is 23.3. The Morgan fingerprint density at radius 2 is 1.74 bits per heavy atom. The maximum Gasteiger partial charge on any atom is 0.166 e. The van der Waals surface area contributed by atoms with E-state index >= 15 is 0 Å². The van der Waals surface area contributed by atoms with Gasteiger partial charge in [0.05, 0.1) is 15.7 Å². The van der Waals surface area contributed by atoms with Crippen molar-refractivity contribution < 1.29 is 4.79 Å². The van der Waals surface area contributed by atoms with E-state index < -0.39 is 0 Å². The van der Waals surface area contributed by atoms with E-state index in [1.54, 1.807) is 12.1 Å². The van der Waals surface area contributed by atoms with Gasteiger partial charge in [0.2, 0.25) is 0 Å². The number of hydrogen-bond donors (Lipinski definition) is 1. The molecule has 0 heterocycles. The fourth-order valence-electron chi connectivity index (χ4n) is 2.80. The van der Waals surface area contributed by atoms with Crippen LogP contribution in [0.3, 0.4) is 0 Å². The number of ketones is 1. The Labute approximate surface area is 124 Å². The lowest BCUT2D eigenvalue weighted by molar-refractivity contribution is 0.0871. The van der Waals surface area contributed by atoms with Crippen molar-refractivity contribution in [3.8, 4) is 0 Å². The van der Waals surface area contributed by atoms with Crippen molar-refractivity contribution in [3.63, 3.8) is 0 Å². The molecule has 0 spiro atoms. The molecule has 0 unspecified atom stereocenters. The second-order valence-corrected chi connectivity index (χ2v) is 6.16. The summed E-state index contributed by atoms with van der Waals surface area (Å²) in [6.07, 6.45) is 5.43. The van der Waals surface area contributed by atoms with Gasteiger partial charge in [-0.1, -0.05) is 36.5 Å². The van der Waals surface area contributed by atoms with Gasteiger partial charge in [-0.15, -0.1) is 0 Å². The van der Waals surface area contributed by atoms with Crippen LogP contribution in [0.2, 0.25) is 10.0 Å². The van der Waals surface area contributed by atoms with E-state index in [1.807, 2.05) is 0 Å². The highest BCUT2D eigenvalue weighted by atomic mass is 35.5. The molecule has 1 aromatic rings. The molecule has 0 amide bonds. The highest BCUT2D eigenvalue weighted by Gasteiger charge is 2.26. The number of halogens is 2. The molecule has 0 radical (unpaired) electrons. The van der Waals surface area contributed by atoms with Gasteiger partial charge in [-0.25, -0.2) is 0 Å². The van der Waals surface area contributed by atoms with Gasteiger partial charge in [0.1, 0.15) is 0 Å². The molecule has 2 N–H and O–H groups in total. The van der Waals surface area contributed by atoms with Crippen LogP contribution in [0, 0.1) is 11.8 Å². The molecule has 0 bridgehead atoms. The molecule has 1 fully saturated rings. The van der Waals surface area contributed by atoms with Crippen molar-refractivity contribution in [3.05, 3.63) is 27.7 Å². The average molecular weight is 300 g/mol. The summed E-state index contributed by atoms with van der Waals surface area (Å²) in [6, 6.07) is 3.27.